The zero-order valence-electron chi connectivity index (χ0n) is 10.8. The Morgan fingerprint density at radius 3 is 3.15 bits per heavy atom. The van der Waals surface area contributed by atoms with Gasteiger partial charge in [-0.15, -0.1) is 0 Å². The third-order valence-corrected chi connectivity index (χ3v) is 3.33. The van der Waals surface area contributed by atoms with Crippen LogP contribution in [0.5, 0.6) is 0 Å². The predicted octanol–water partition coefficient (Wildman–Crippen LogP) is 2.59. The van der Waals surface area contributed by atoms with Crippen molar-refractivity contribution >= 4 is 33.4 Å². The van der Waals surface area contributed by atoms with Crippen LogP contribution in [0.3, 0.4) is 0 Å². The molecule has 0 fully saturated rings. The van der Waals surface area contributed by atoms with Crippen LogP contribution in [0.1, 0.15) is 0 Å². The number of benzene rings is 1. The number of hydrogen-bond donors (Lipinski definition) is 2. The lowest BCUT2D eigenvalue weighted by Gasteiger charge is -2.04. The Morgan fingerprint density at radius 2 is 2.20 bits per heavy atom. The molecule has 0 amide bonds. The molecule has 4 aromatic rings. The number of aryl methyl sites for hydroxylation is 1. The average molecular weight is 264 g/mol. The number of rotatable bonds is 2. The molecule has 98 valence electrons. The van der Waals surface area contributed by atoms with E-state index in [1.165, 1.54) is 0 Å². The molecule has 0 saturated heterocycles. The highest BCUT2D eigenvalue weighted by Gasteiger charge is 2.07. The van der Waals surface area contributed by atoms with Gasteiger partial charge >= 0.3 is 0 Å². The van der Waals surface area contributed by atoms with Crippen LogP contribution in [-0.4, -0.2) is 25.0 Å². The van der Waals surface area contributed by atoms with Crippen molar-refractivity contribution in [2.75, 3.05) is 5.32 Å². The molecule has 2 N–H and O–H groups in total. The monoisotopic (exact) mass is 264 g/mol. The maximum Gasteiger partial charge on any atom is 0.178 e. The normalized spacial score (nSPS) is 11.2. The second-order valence-electron chi connectivity index (χ2n) is 4.64. The van der Waals surface area contributed by atoms with Crippen LogP contribution >= 0.6 is 0 Å². The van der Waals surface area contributed by atoms with E-state index in [2.05, 4.69) is 25.6 Å². The number of nitrogens with one attached hydrogen (secondary N) is 2. The maximum atomic E-state index is 4.33. The molecule has 0 aliphatic rings. The number of nitrogens with zero attached hydrogens (tertiary/aromatic N) is 4. The number of anilines is 2. The summed E-state index contributed by atoms with van der Waals surface area (Å²) in [6.07, 6.45) is 3.61. The Kier molecular flexibility index (Phi) is 2.23. The second kappa shape index (κ2) is 4.06. The summed E-state index contributed by atoms with van der Waals surface area (Å²) < 4.78 is 1.85. The molecule has 0 bridgehead atoms. The molecule has 6 heteroatoms. The minimum absolute atomic E-state index is 0.724. The van der Waals surface area contributed by atoms with E-state index < -0.39 is 0 Å². The molecular weight excluding hydrogens is 252 g/mol. The Morgan fingerprint density at radius 1 is 1.25 bits per heavy atom. The molecule has 1 aromatic carbocycles. The number of hydrogen-bond acceptors (Lipinski definition) is 4. The van der Waals surface area contributed by atoms with Gasteiger partial charge in [0.15, 0.2) is 5.82 Å². The van der Waals surface area contributed by atoms with E-state index in [9.17, 15) is 0 Å². The first-order chi connectivity index (χ1) is 9.81. The van der Waals surface area contributed by atoms with Gasteiger partial charge in [-0.05, 0) is 30.3 Å². The topological polar surface area (TPSA) is 71.4 Å². The molecule has 3 heterocycles. The van der Waals surface area contributed by atoms with Gasteiger partial charge in [0.1, 0.15) is 5.52 Å². The third-order valence-electron chi connectivity index (χ3n) is 3.33. The average Bonchev–Trinajstić information content (AvgIpc) is 3.05. The minimum atomic E-state index is 0.724. The van der Waals surface area contributed by atoms with Crippen molar-refractivity contribution in [1.29, 1.82) is 0 Å². The van der Waals surface area contributed by atoms with E-state index in [1.54, 1.807) is 6.20 Å². The van der Waals surface area contributed by atoms with Crippen molar-refractivity contribution in [3.8, 4) is 0 Å². The first-order valence-electron chi connectivity index (χ1n) is 6.29. The predicted molar refractivity (Wildman–Crippen MR) is 77.9 cm³/mol. The maximum absolute atomic E-state index is 4.33. The molecule has 0 atom stereocenters. The van der Waals surface area contributed by atoms with Crippen LogP contribution < -0.4 is 5.32 Å². The highest BCUT2D eigenvalue weighted by molar-refractivity contribution is 5.89. The molecule has 6 nitrogen and oxygen atoms in total. The zero-order valence-corrected chi connectivity index (χ0v) is 10.8. The van der Waals surface area contributed by atoms with Crippen molar-refractivity contribution in [3.63, 3.8) is 0 Å². The van der Waals surface area contributed by atoms with Crippen LogP contribution in [0.4, 0.5) is 11.5 Å². The van der Waals surface area contributed by atoms with Gasteiger partial charge in [0.25, 0.3) is 0 Å². The highest BCUT2D eigenvalue weighted by Crippen LogP contribution is 2.24. The van der Waals surface area contributed by atoms with Crippen LogP contribution in [0.15, 0.2) is 42.7 Å². The summed E-state index contributed by atoms with van der Waals surface area (Å²) in [5.41, 5.74) is 3.78. The number of pyridine rings is 1. The van der Waals surface area contributed by atoms with E-state index in [1.807, 2.05) is 48.3 Å². The van der Waals surface area contributed by atoms with Gasteiger partial charge < -0.3 is 5.32 Å². The van der Waals surface area contributed by atoms with Crippen molar-refractivity contribution in [2.45, 2.75) is 0 Å². The van der Waals surface area contributed by atoms with Gasteiger partial charge in [0.2, 0.25) is 0 Å². The third kappa shape index (κ3) is 1.62. The molecule has 20 heavy (non-hydrogen) atoms. The molecule has 3 aromatic heterocycles. The van der Waals surface area contributed by atoms with E-state index in [0.29, 0.717) is 0 Å². The van der Waals surface area contributed by atoms with Crippen molar-refractivity contribution < 1.29 is 0 Å². The lowest BCUT2D eigenvalue weighted by atomic mass is 10.2. The van der Waals surface area contributed by atoms with Crippen LogP contribution in [0, 0.1) is 0 Å². The van der Waals surface area contributed by atoms with Gasteiger partial charge in [-0.3, -0.25) is 14.8 Å². The van der Waals surface area contributed by atoms with Gasteiger partial charge in [0, 0.05) is 24.3 Å². The fraction of sp³-hybridized carbons (Fsp3) is 0.0714. The van der Waals surface area contributed by atoms with E-state index in [4.69, 9.17) is 0 Å². The second-order valence-corrected chi connectivity index (χ2v) is 4.64. The quantitative estimate of drug-likeness (QED) is 0.583. The number of aromatic amines is 1. The Bertz CT molecular complexity index is 904. The minimum Gasteiger partial charge on any atom is -0.337 e. The zero-order chi connectivity index (χ0) is 13.5. The highest BCUT2D eigenvalue weighted by atomic mass is 15.2. The molecule has 0 spiro atoms. The standard InChI is InChI=1S/C14H12N6/c1-20-12-7-10(5-4-9(12)8-16-20)17-14-13-11(18-19-14)3-2-6-15-13/h2-8H,1H3,(H2,17,18,19). The van der Waals surface area contributed by atoms with E-state index >= 15 is 0 Å². The molecular formula is C14H12N6. The van der Waals surface area contributed by atoms with Gasteiger partial charge in [-0.25, -0.2) is 0 Å². The fourth-order valence-electron chi connectivity index (χ4n) is 2.30. The van der Waals surface area contributed by atoms with Gasteiger partial charge in [-0.2, -0.15) is 10.2 Å². The summed E-state index contributed by atoms with van der Waals surface area (Å²) in [7, 11) is 1.93. The van der Waals surface area contributed by atoms with Crippen LogP contribution in [0.25, 0.3) is 21.9 Å². The Hall–Kier alpha value is -2.89. The summed E-state index contributed by atoms with van der Waals surface area (Å²) >= 11 is 0. The van der Waals surface area contributed by atoms with Crippen molar-refractivity contribution in [3.05, 3.63) is 42.7 Å². The van der Waals surface area contributed by atoms with Crippen molar-refractivity contribution in [1.82, 2.24) is 25.0 Å². The lowest BCUT2D eigenvalue weighted by molar-refractivity contribution is 0.797. The van der Waals surface area contributed by atoms with Crippen LogP contribution in [-0.2, 0) is 7.05 Å². The molecule has 0 saturated carbocycles. The molecule has 4 rings (SSSR count). The first-order valence-corrected chi connectivity index (χ1v) is 6.29. The lowest BCUT2D eigenvalue weighted by Crippen LogP contribution is -1.93. The largest absolute Gasteiger partial charge is 0.337 e. The summed E-state index contributed by atoms with van der Waals surface area (Å²) in [4.78, 5) is 4.33. The number of H-pyrrole nitrogens is 1. The van der Waals surface area contributed by atoms with E-state index in [-0.39, 0.29) is 0 Å². The SMILES string of the molecule is Cn1ncc2ccc(Nc3n[nH]c4cccnc34)cc21. The molecule has 0 aliphatic heterocycles. The molecule has 0 aliphatic carbocycles. The fourth-order valence-corrected chi connectivity index (χ4v) is 2.30. The van der Waals surface area contributed by atoms with Gasteiger partial charge in [0.05, 0.1) is 17.2 Å². The summed E-state index contributed by atoms with van der Waals surface area (Å²) in [6.45, 7) is 0. The smallest absolute Gasteiger partial charge is 0.178 e. The summed E-state index contributed by atoms with van der Waals surface area (Å²) in [5.74, 6) is 0.724. The Balaban J connectivity index is 1.78. The Labute approximate surface area is 114 Å². The van der Waals surface area contributed by atoms with Gasteiger partial charge in [-0.1, -0.05) is 0 Å². The molecule has 0 radical (unpaired) electrons. The molecule has 0 unspecified atom stereocenters. The number of fused-ring (bicyclic) bond motifs is 2. The number of aromatic nitrogens is 5. The van der Waals surface area contributed by atoms with E-state index in [0.717, 1.165) is 33.4 Å². The summed E-state index contributed by atoms with van der Waals surface area (Å²) in [6, 6.07) is 9.92. The first kappa shape index (κ1) is 11.0. The summed E-state index contributed by atoms with van der Waals surface area (Å²) in [5, 5.41) is 15.9. The van der Waals surface area contributed by atoms with Crippen LogP contribution in [0.2, 0.25) is 0 Å². The van der Waals surface area contributed by atoms with Crippen molar-refractivity contribution in [2.24, 2.45) is 7.05 Å².